The Morgan fingerprint density at radius 3 is 2.57 bits per heavy atom. The molecule has 2 rings (SSSR count). The fourth-order valence-electron chi connectivity index (χ4n) is 2.22. The number of carbonyl (C=O) groups is 2. The average Bonchev–Trinajstić information content (AvgIpc) is 2.49. The number of hydrogen-bond acceptors (Lipinski definition) is 3. The van der Waals surface area contributed by atoms with Crippen LogP contribution in [0.3, 0.4) is 0 Å². The first-order chi connectivity index (χ1) is 10.0. The number of halogens is 2. The summed E-state index contributed by atoms with van der Waals surface area (Å²) in [6.45, 7) is 2.51. The fraction of sp³-hybridized carbons (Fsp3) is 0.429. The van der Waals surface area contributed by atoms with Crippen molar-refractivity contribution < 1.29 is 14.0 Å². The van der Waals surface area contributed by atoms with Crippen molar-refractivity contribution in [2.24, 2.45) is 0 Å². The van der Waals surface area contributed by atoms with E-state index in [-0.39, 0.29) is 17.4 Å². The van der Waals surface area contributed by atoms with Gasteiger partial charge in [-0.1, -0.05) is 15.9 Å². The van der Waals surface area contributed by atoms with E-state index in [1.807, 2.05) is 4.90 Å². The maximum Gasteiger partial charge on any atom is 0.256 e. The Bertz CT molecular complexity index is 545. The van der Waals surface area contributed by atoms with Gasteiger partial charge in [0.25, 0.3) is 5.91 Å². The van der Waals surface area contributed by atoms with Crippen LogP contribution in [0.25, 0.3) is 0 Å². The lowest BCUT2D eigenvalue weighted by molar-refractivity contribution is -0.122. The van der Waals surface area contributed by atoms with Crippen LogP contribution >= 0.6 is 15.9 Å². The fourth-order valence-corrected chi connectivity index (χ4v) is 2.58. The minimum Gasteiger partial charge on any atom is -0.358 e. The SMILES string of the molecule is CNC(=O)CN1CCN(C(=O)c2cc(Br)ccc2F)CC1. The predicted molar refractivity (Wildman–Crippen MR) is 80.5 cm³/mol. The van der Waals surface area contributed by atoms with E-state index in [0.717, 1.165) is 0 Å². The molecule has 0 spiro atoms. The molecule has 0 radical (unpaired) electrons. The molecule has 1 aliphatic rings. The lowest BCUT2D eigenvalue weighted by Crippen LogP contribution is -2.51. The largest absolute Gasteiger partial charge is 0.358 e. The second kappa shape index (κ2) is 7.00. The number of piperazine rings is 1. The van der Waals surface area contributed by atoms with E-state index in [0.29, 0.717) is 37.2 Å². The first kappa shape index (κ1) is 15.9. The topological polar surface area (TPSA) is 52.7 Å². The van der Waals surface area contributed by atoms with Gasteiger partial charge in [0.2, 0.25) is 5.91 Å². The molecule has 0 atom stereocenters. The van der Waals surface area contributed by atoms with Crippen LogP contribution in [0.5, 0.6) is 0 Å². The van der Waals surface area contributed by atoms with E-state index >= 15 is 0 Å². The summed E-state index contributed by atoms with van der Waals surface area (Å²) in [6.07, 6.45) is 0. The van der Waals surface area contributed by atoms with Gasteiger partial charge in [0.05, 0.1) is 12.1 Å². The first-order valence-electron chi connectivity index (χ1n) is 6.68. The van der Waals surface area contributed by atoms with Crippen molar-refractivity contribution >= 4 is 27.7 Å². The third kappa shape index (κ3) is 4.01. The van der Waals surface area contributed by atoms with Gasteiger partial charge in [-0.2, -0.15) is 0 Å². The van der Waals surface area contributed by atoms with Crippen molar-refractivity contribution in [2.75, 3.05) is 39.8 Å². The van der Waals surface area contributed by atoms with Crippen LogP contribution in [0.4, 0.5) is 4.39 Å². The van der Waals surface area contributed by atoms with Gasteiger partial charge >= 0.3 is 0 Å². The number of amides is 2. The van der Waals surface area contributed by atoms with E-state index in [1.54, 1.807) is 18.0 Å². The van der Waals surface area contributed by atoms with Crippen molar-refractivity contribution in [1.29, 1.82) is 0 Å². The molecule has 1 aromatic rings. The van der Waals surface area contributed by atoms with Crippen LogP contribution in [0, 0.1) is 5.82 Å². The highest BCUT2D eigenvalue weighted by Crippen LogP contribution is 2.18. The number of carbonyl (C=O) groups excluding carboxylic acids is 2. The molecule has 21 heavy (non-hydrogen) atoms. The zero-order valence-corrected chi connectivity index (χ0v) is 13.3. The molecule has 5 nitrogen and oxygen atoms in total. The van der Waals surface area contributed by atoms with Crippen LogP contribution in [-0.4, -0.2) is 61.4 Å². The van der Waals surface area contributed by atoms with Crippen LogP contribution in [-0.2, 0) is 4.79 Å². The first-order valence-corrected chi connectivity index (χ1v) is 7.48. The summed E-state index contributed by atoms with van der Waals surface area (Å²) in [5.41, 5.74) is 0.0733. The quantitative estimate of drug-likeness (QED) is 0.880. The van der Waals surface area contributed by atoms with E-state index in [2.05, 4.69) is 21.2 Å². The molecule has 1 heterocycles. The second-order valence-electron chi connectivity index (χ2n) is 4.87. The molecule has 7 heteroatoms. The molecule has 0 aromatic heterocycles. The van der Waals surface area contributed by atoms with E-state index < -0.39 is 5.82 Å². The third-order valence-electron chi connectivity index (χ3n) is 3.46. The van der Waals surface area contributed by atoms with Gasteiger partial charge in [0, 0.05) is 37.7 Å². The Kier molecular flexibility index (Phi) is 5.30. The molecular weight excluding hydrogens is 341 g/mol. The van der Waals surface area contributed by atoms with Crippen molar-refractivity contribution in [1.82, 2.24) is 15.1 Å². The standard InChI is InChI=1S/C14H17BrFN3O2/c1-17-13(20)9-18-4-6-19(7-5-18)14(21)11-8-10(15)2-3-12(11)16/h2-3,8H,4-7,9H2,1H3,(H,17,20). The van der Waals surface area contributed by atoms with Gasteiger partial charge in [-0.05, 0) is 18.2 Å². The predicted octanol–water partition coefficient (Wildman–Crippen LogP) is 1.09. The van der Waals surface area contributed by atoms with Gasteiger partial charge < -0.3 is 10.2 Å². The van der Waals surface area contributed by atoms with Crippen LogP contribution < -0.4 is 5.32 Å². The van der Waals surface area contributed by atoms with Gasteiger partial charge in [0.15, 0.2) is 0 Å². The molecule has 114 valence electrons. The van der Waals surface area contributed by atoms with Crippen molar-refractivity contribution in [2.45, 2.75) is 0 Å². The van der Waals surface area contributed by atoms with Crippen LogP contribution in [0.2, 0.25) is 0 Å². The highest BCUT2D eigenvalue weighted by molar-refractivity contribution is 9.10. The summed E-state index contributed by atoms with van der Waals surface area (Å²) in [7, 11) is 1.60. The average molecular weight is 358 g/mol. The number of nitrogens with one attached hydrogen (secondary N) is 1. The smallest absolute Gasteiger partial charge is 0.256 e. The Hall–Kier alpha value is -1.47. The normalized spacial score (nSPS) is 15.9. The van der Waals surface area contributed by atoms with Gasteiger partial charge in [0.1, 0.15) is 5.82 Å². The van der Waals surface area contributed by atoms with Gasteiger partial charge in [-0.15, -0.1) is 0 Å². The molecule has 1 aliphatic heterocycles. The zero-order chi connectivity index (χ0) is 15.4. The number of rotatable bonds is 3. The molecular formula is C14H17BrFN3O2. The zero-order valence-electron chi connectivity index (χ0n) is 11.7. The van der Waals surface area contributed by atoms with E-state index in [9.17, 15) is 14.0 Å². The Labute approximate surface area is 131 Å². The minimum absolute atomic E-state index is 0.0483. The summed E-state index contributed by atoms with van der Waals surface area (Å²) < 4.78 is 14.4. The van der Waals surface area contributed by atoms with Crippen LogP contribution in [0.1, 0.15) is 10.4 Å². The maximum absolute atomic E-state index is 13.7. The van der Waals surface area contributed by atoms with Crippen molar-refractivity contribution in [3.63, 3.8) is 0 Å². The lowest BCUT2D eigenvalue weighted by Gasteiger charge is -2.34. The molecule has 1 aromatic carbocycles. The summed E-state index contributed by atoms with van der Waals surface area (Å²) >= 11 is 3.24. The number of benzene rings is 1. The highest BCUT2D eigenvalue weighted by atomic mass is 79.9. The van der Waals surface area contributed by atoms with Crippen molar-refractivity contribution in [3.8, 4) is 0 Å². The Morgan fingerprint density at radius 1 is 1.29 bits per heavy atom. The van der Waals surface area contributed by atoms with E-state index in [4.69, 9.17) is 0 Å². The summed E-state index contributed by atoms with van der Waals surface area (Å²) in [5.74, 6) is -0.878. The monoisotopic (exact) mass is 357 g/mol. The van der Waals surface area contributed by atoms with E-state index in [1.165, 1.54) is 12.1 Å². The molecule has 0 aliphatic carbocycles. The molecule has 0 saturated carbocycles. The molecule has 2 amide bonds. The molecule has 1 fully saturated rings. The number of nitrogens with zero attached hydrogens (tertiary/aromatic N) is 2. The third-order valence-corrected chi connectivity index (χ3v) is 3.96. The number of hydrogen-bond donors (Lipinski definition) is 1. The molecule has 1 saturated heterocycles. The Balaban J connectivity index is 1.97. The Morgan fingerprint density at radius 2 is 1.95 bits per heavy atom. The minimum atomic E-state index is -0.518. The summed E-state index contributed by atoms with van der Waals surface area (Å²) in [5, 5.41) is 2.57. The molecule has 0 unspecified atom stereocenters. The second-order valence-corrected chi connectivity index (χ2v) is 5.78. The molecule has 0 bridgehead atoms. The summed E-state index contributed by atoms with van der Waals surface area (Å²) in [4.78, 5) is 27.2. The maximum atomic E-state index is 13.7. The molecule has 1 N–H and O–H groups in total. The van der Waals surface area contributed by atoms with Crippen LogP contribution in [0.15, 0.2) is 22.7 Å². The summed E-state index contributed by atoms with van der Waals surface area (Å²) in [6, 6.07) is 4.33. The highest BCUT2D eigenvalue weighted by Gasteiger charge is 2.24. The van der Waals surface area contributed by atoms with Gasteiger partial charge in [-0.3, -0.25) is 14.5 Å². The lowest BCUT2D eigenvalue weighted by atomic mass is 10.1. The number of likely N-dealkylation sites (N-methyl/N-ethyl adjacent to an activating group) is 1. The van der Waals surface area contributed by atoms with Crippen molar-refractivity contribution in [3.05, 3.63) is 34.1 Å². The van der Waals surface area contributed by atoms with Gasteiger partial charge in [-0.25, -0.2) is 4.39 Å².